The van der Waals surface area contributed by atoms with Crippen LogP contribution in [0, 0.1) is 6.92 Å². The van der Waals surface area contributed by atoms with Gasteiger partial charge in [0.1, 0.15) is 12.4 Å². The fourth-order valence-electron chi connectivity index (χ4n) is 1.28. The van der Waals surface area contributed by atoms with Gasteiger partial charge in [0.25, 0.3) is 0 Å². The standard InChI is InChI=1S/C12H16O4/c1-3-15-11(12(13)14)8-16-10-7-5-4-6-9(10)2/h4-7,11H,3,8H2,1-2H3,(H,13,14). The number of ether oxygens (including phenoxy) is 2. The summed E-state index contributed by atoms with van der Waals surface area (Å²) in [6, 6.07) is 7.46. The van der Waals surface area contributed by atoms with Gasteiger partial charge in [-0.25, -0.2) is 4.79 Å². The van der Waals surface area contributed by atoms with Crippen LogP contribution in [-0.2, 0) is 9.53 Å². The van der Waals surface area contributed by atoms with E-state index in [0.29, 0.717) is 12.4 Å². The summed E-state index contributed by atoms with van der Waals surface area (Å²) in [5, 5.41) is 8.85. The summed E-state index contributed by atoms with van der Waals surface area (Å²) < 4.78 is 10.4. The molecule has 1 N–H and O–H groups in total. The number of para-hydroxylation sites is 1. The Morgan fingerprint density at radius 1 is 1.44 bits per heavy atom. The molecule has 4 heteroatoms. The minimum absolute atomic E-state index is 0.0219. The Kier molecular flexibility index (Phi) is 4.79. The lowest BCUT2D eigenvalue weighted by molar-refractivity contribution is -0.152. The van der Waals surface area contributed by atoms with Crippen LogP contribution >= 0.6 is 0 Å². The first-order valence-electron chi connectivity index (χ1n) is 5.18. The minimum Gasteiger partial charge on any atom is -0.490 e. The molecule has 0 amide bonds. The second kappa shape index (κ2) is 6.12. The van der Waals surface area contributed by atoms with Crippen molar-refractivity contribution in [1.82, 2.24) is 0 Å². The molecule has 0 aromatic heterocycles. The molecule has 1 atom stereocenters. The number of carboxylic acid groups (broad SMARTS) is 1. The summed E-state index contributed by atoms with van der Waals surface area (Å²) >= 11 is 0. The van der Waals surface area contributed by atoms with Crippen LogP contribution in [-0.4, -0.2) is 30.4 Å². The summed E-state index contributed by atoms with van der Waals surface area (Å²) in [7, 11) is 0. The maximum Gasteiger partial charge on any atom is 0.336 e. The smallest absolute Gasteiger partial charge is 0.336 e. The molecule has 0 fully saturated rings. The van der Waals surface area contributed by atoms with Gasteiger partial charge in [-0.3, -0.25) is 0 Å². The van der Waals surface area contributed by atoms with Gasteiger partial charge in [0.2, 0.25) is 0 Å². The highest BCUT2D eigenvalue weighted by Gasteiger charge is 2.18. The quantitative estimate of drug-likeness (QED) is 0.801. The number of carbonyl (C=O) groups is 1. The van der Waals surface area contributed by atoms with Gasteiger partial charge < -0.3 is 14.6 Å². The molecule has 16 heavy (non-hydrogen) atoms. The number of benzene rings is 1. The largest absolute Gasteiger partial charge is 0.490 e. The van der Waals surface area contributed by atoms with Gasteiger partial charge in [-0.15, -0.1) is 0 Å². The Morgan fingerprint density at radius 3 is 2.69 bits per heavy atom. The van der Waals surface area contributed by atoms with Crippen LogP contribution < -0.4 is 4.74 Å². The zero-order chi connectivity index (χ0) is 12.0. The predicted octanol–water partition coefficient (Wildman–Crippen LogP) is 1.86. The van der Waals surface area contributed by atoms with E-state index in [-0.39, 0.29) is 6.61 Å². The molecule has 0 spiro atoms. The average Bonchev–Trinajstić information content (AvgIpc) is 2.26. The van der Waals surface area contributed by atoms with Crippen LogP contribution in [0.4, 0.5) is 0 Å². The summed E-state index contributed by atoms with van der Waals surface area (Å²) in [6.07, 6.45) is -0.912. The molecule has 0 bridgehead atoms. The van der Waals surface area contributed by atoms with Crippen molar-refractivity contribution in [3.05, 3.63) is 29.8 Å². The Hall–Kier alpha value is -1.55. The van der Waals surface area contributed by atoms with Gasteiger partial charge in [-0.1, -0.05) is 18.2 Å². The molecule has 0 saturated heterocycles. The van der Waals surface area contributed by atoms with Crippen molar-refractivity contribution in [2.45, 2.75) is 20.0 Å². The highest BCUT2D eigenvalue weighted by atomic mass is 16.5. The molecule has 4 nitrogen and oxygen atoms in total. The first-order chi connectivity index (χ1) is 7.65. The van der Waals surface area contributed by atoms with Crippen LogP contribution in [0.5, 0.6) is 5.75 Å². The summed E-state index contributed by atoms with van der Waals surface area (Å²) in [6.45, 7) is 4.04. The van der Waals surface area contributed by atoms with E-state index in [1.807, 2.05) is 25.1 Å². The van der Waals surface area contributed by atoms with Crippen LogP contribution in [0.25, 0.3) is 0 Å². The number of hydrogen-bond donors (Lipinski definition) is 1. The lowest BCUT2D eigenvalue weighted by Gasteiger charge is -2.14. The van der Waals surface area contributed by atoms with Crippen LogP contribution in [0.2, 0.25) is 0 Å². The average molecular weight is 224 g/mol. The van der Waals surface area contributed by atoms with Crippen molar-refractivity contribution >= 4 is 5.97 Å². The summed E-state index contributed by atoms with van der Waals surface area (Å²) in [4.78, 5) is 10.8. The zero-order valence-corrected chi connectivity index (χ0v) is 9.47. The van der Waals surface area contributed by atoms with Gasteiger partial charge in [0.15, 0.2) is 6.10 Å². The Labute approximate surface area is 94.8 Å². The van der Waals surface area contributed by atoms with Gasteiger partial charge in [0.05, 0.1) is 0 Å². The van der Waals surface area contributed by atoms with Crippen molar-refractivity contribution < 1.29 is 19.4 Å². The normalized spacial score (nSPS) is 12.1. The molecule has 1 rings (SSSR count). The molecule has 1 aromatic rings. The van der Waals surface area contributed by atoms with Gasteiger partial charge in [-0.2, -0.15) is 0 Å². The Balaban J connectivity index is 2.55. The van der Waals surface area contributed by atoms with E-state index in [0.717, 1.165) is 5.56 Å². The molecule has 0 heterocycles. The molecule has 1 aromatic carbocycles. The van der Waals surface area contributed by atoms with Crippen molar-refractivity contribution in [3.63, 3.8) is 0 Å². The SMILES string of the molecule is CCOC(COc1ccccc1C)C(=O)O. The van der Waals surface area contributed by atoms with E-state index >= 15 is 0 Å². The van der Waals surface area contributed by atoms with Crippen LogP contribution in [0.3, 0.4) is 0 Å². The molecule has 0 aliphatic heterocycles. The Bertz CT molecular complexity index is 349. The lowest BCUT2D eigenvalue weighted by Crippen LogP contribution is -2.30. The molecule has 88 valence electrons. The second-order valence-electron chi connectivity index (χ2n) is 3.36. The molecule has 0 aliphatic rings. The third-order valence-electron chi connectivity index (χ3n) is 2.13. The van der Waals surface area contributed by atoms with Gasteiger partial charge in [0, 0.05) is 6.61 Å². The third kappa shape index (κ3) is 3.55. The monoisotopic (exact) mass is 224 g/mol. The fraction of sp³-hybridized carbons (Fsp3) is 0.417. The molecule has 0 radical (unpaired) electrons. The van der Waals surface area contributed by atoms with E-state index in [1.165, 1.54) is 0 Å². The number of aryl methyl sites for hydroxylation is 1. The van der Waals surface area contributed by atoms with Crippen LogP contribution in [0.1, 0.15) is 12.5 Å². The maximum absolute atomic E-state index is 10.8. The zero-order valence-electron chi connectivity index (χ0n) is 9.47. The van der Waals surface area contributed by atoms with E-state index in [4.69, 9.17) is 14.6 Å². The van der Waals surface area contributed by atoms with Crippen molar-refractivity contribution in [3.8, 4) is 5.75 Å². The summed E-state index contributed by atoms with van der Waals surface area (Å²) in [5.74, 6) is -0.316. The molecule has 0 saturated carbocycles. The second-order valence-corrected chi connectivity index (χ2v) is 3.36. The lowest BCUT2D eigenvalue weighted by atomic mass is 10.2. The molecular weight excluding hydrogens is 208 g/mol. The highest BCUT2D eigenvalue weighted by Crippen LogP contribution is 2.16. The summed E-state index contributed by atoms with van der Waals surface area (Å²) in [5.41, 5.74) is 0.975. The maximum atomic E-state index is 10.8. The molecule has 1 unspecified atom stereocenters. The number of carboxylic acids is 1. The van der Waals surface area contributed by atoms with Gasteiger partial charge >= 0.3 is 5.97 Å². The molecule has 0 aliphatic carbocycles. The topological polar surface area (TPSA) is 55.8 Å². The van der Waals surface area contributed by atoms with E-state index in [2.05, 4.69) is 0 Å². The highest BCUT2D eigenvalue weighted by molar-refractivity contribution is 5.72. The van der Waals surface area contributed by atoms with Crippen molar-refractivity contribution in [2.75, 3.05) is 13.2 Å². The van der Waals surface area contributed by atoms with E-state index in [1.54, 1.807) is 13.0 Å². The first kappa shape index (κ1) is 12.5. The number of hydrogen-bond acceptors (Lipinski definition) is 3. The first-order valence-corrected chi connectivity index (χ1v) is 5.18. The van der Waals surface area contributed by atoms with Gasteiger partial charge in [-0.05, 0) is 25.5 Å². The Morgan fingerprint density at radius 2 is 2.12 bits per heavy atom. The van der Waals surface area contributed by atoms with Crippen molar-refractivity contribution in [1.29, 1.82) is 0 Å². The van der Waals surface area contributed by atoms with Crippen LogP contribution in [0.15, 0.2) is 24.3 Å². The third-order valence-corrected chi connectivity index (χ3v) is 2.13. The number of aliphatic carboxylic acids is 1. The minimum atomic E-state index is -1.00. The van der Waals surface area contributed by atoms with Crippen molar-refractivity contribution in [2.24, 2.45) is 0 Å². The van der Waals surface area contributed by atoms with E-state index in [9.17, 15) is 4.79 Å². The van der Waals surface area contributed by atoms with E-state index < -0.39 is 12.1 Å². The fourth-order valence-corrected chi connectivity index (χ4v) is 1.28. The molecular formula is C12H16O4. The predicted molar refractivity (Wildman–Crippen MR) is 59.7 cm³/mol. The number of rotatable bonds is 6.